The molecule has 0 aromatic carbocycles. The van der Waals surface area contributed by atoms with Crippen molar-refractivity contribution < 1.29 is 0 Å². The molecular weight excluding hydrogens is 218 g/mol. The van der Waals surface area contributed by atoms with Gasteiger partial charge in [0.2, 0.25) is 0 Å². The Balaban J connectivity index is 2.12. The number of likely N-dealkylation sites (tertiary alicyclic amines) is 1. The molecule has 1 rings (SSSR count). The summed E-state index contributed by atoms with van der Waals surface area (Å²) < 4.78 is 0. The van der Waals surface area contributed by atoms with Crippen LogP contribution in [0, 0.1) is 11.3 Å². The fourth-order valence-corrected chi connectivity index (χ4v) is 2.82. The lowest BCUT2D eigenvalue weighted by Crippen LogP contribution is -2.38. The number of nitrogens with zero attached hydrogens (tertiary/aromatic N) is 1. The minimum absolute atomic E-state index is 0.505. The van der Waals surface area contributed by atoms with Gasteiger partial charge in [0, 0.05) is 5.88 Å². The van der Waals surface area contributed by atoms with Gasteiger partial charge in [-0.15, -0.1) is 11.6 Å². The molecule has 2 heteroatoms. The second kappa shape index (κ2) is 6.86. The first-order valence-electron chi connectivity index (χ1n) is 6.82. The number of unbranched alkanes of at least 4 members (excludes halogenated alkanes) is 2. The fourth-order valence-electron chi connectivity index (χ4n) is 2.63. The van der Waals surface area contributed by atoms with Crippen molar-refractivity contribution in [2.75, 3.05) is 25.5 Å². The molecule has 0 radical (unpaired) electrons. The van der Waals surface area contributed by atoms with E-state index in [1.165, 1.54) is 51.7 Å². The molecule has 1 aliphatic heterocycles. The van der Waals surface area contributed by atoms with E-state index < -0.39 is 0 Å². The topological polar surface area (TPSA) is 3.24 Å². The van der Waals surface area contributed by atoms with Crippen molar-refractivity contribution in [2.45, 2.75) is 52.9 Å². The Morgan fingerprint density at radius 3 is 2.19 bits per heavy atom. The maximum atomic E-state index is 5.68. The van der Waals surface area contributed by atoms with Crippen LogP contribution < -0.4 is 0 Å². The minimum Gasteiger partial charge on any atom is -0.303 e. The first kappa shape index (κ1) is 14.3. The molecule has 1 saturated heterocycles. The van der Waals surface area contributed by atoms with E-state index in [0.29, 0.717) is 5.41 Å². The smallest absolute Gasteiger partial charge is 0.0223 e. The first-order valence-corrected chi connectivity index (χ1v) is 7.36. The third-order valence-corrected chi connectivity index (χ3v) is 4.19. The normalized spacial score (nSPS) is 20.2. The lowest BCUT2D eigenvalue weighted by Gasteiger charge is -2.38. The number of rotatable bonds is 5. The van der Waals surface area contributed by atoms with E-state index in [0.717, 1.165) is 11.8 Å². The molecule has 0 amide bonds. The van der Waals surface area contributed by atoms with Crippen LogP contribution in [0.4, 0.5) is 0 Å². The zero-order valence-electron chi connectivity index (χ0n) is 11.3. The van der Waals surface area contributed by atoms with E-state index in [-0.39, 0.29) is 0 Å². The first-order chi connectivity index (χ1) is 7.54. The molecule has 0 aliphatic carbocycles. The van der Waals surface area contributed by atoms with Crippen LogP contribution in [0.1, 0.15) is 52.9 Å². The Labute approximate surface area is 107 Å². The van der Waals surface area contributed by atoms with E-state index in [9.17, 15) is 0 Å². The summed E-state index contributed by atoms with van der Waals surface area (Å²) in [5.41, 5.74) is 0.505. The average molecular weight is 246 g/mol. The third kappa shape index (κ3) is 5.05. The van der Waals surface area contributed by atoms with Gasteiger partial charge in [-0.05, 0) is 56.7 Å². The van der Waals surface area contributed by atoms with Gasteiger partial charge in [0.15, 0.2) is 0 Å². The lowest BCUT2D eigenvalue weighted by molar-refractivity contribution is 0.111. The van der Waals surface area contributed by atoms with Crippen LogP contribution in [-0.2, 0) is 0 Å². The molecule has 1 nitrogen and oxygen atoms in total. The van der Waals surface area contributed by atoms with Crippen LogP contribution in [-0.4, -0.2) is 30.4 Å². The summed E-state index contributed by atoms with van der Waals surface area (Å²) in [4.78, 5) is 2.64. The van der Waals surface area contributed by atoms with Crippen molar-refractivity contribution in [3.63, 3.8) is 0 Å². The number of piperidine rings is 1. The van der Waals surface area contributed by atoms with E-state index in [1.807, 2.05) is 0 Å². The maximum absolute atomic E-state index is 5.68. The molecule has 0 bridgehead atoms. The Morgan fingerprint density at radius 1 is 1.06 bits per heavy atom. The fraction of sp³-hybridized carbons (Fsp3) is 1.00. The number of hydrogen-bond acceptors (Lipinski definition) is 1. The van der Waals surface area contributed by atoms with Crippen LogP contribution in [0.5, 0.6) is 0 Å². The van der Waals surface area contributed by atoms with Gasteiger partial charge in [0.25, 0.3) is 0 Å². The van der Waals surface area contributed by atoms with Gasteiger partial charge in [-0.3, -0.25) is 0 Å². The number of halogens is 1. The van der Waals surface area contributed by atoms with Crippen molar-refractivity contribution in [1.29, 1.82) is 0 Å². The standard InChI is InChI=1S/C14H28ClN/c1-14(2,3)13-7-11-16(12-8-13)10-6-4-5-9-15/h13H,4-12H2,1-3H3. The van der Waals surface area contributed by atoms with Crippen molar-refractivity contribution in [3.8, 4) is 0 Å². The van der Waals surface area contributed by atoms with Crippen LogP contribution >= 0.6 is 11.6 Å². The Bertz CT molecular complexity index is 178. The summed E-state index contributed by atoms with van der Waals surface area (Å²) in [5.74, 6) is 1.75. The molecule has 0 aromatic rings. The molecule has 0 unspecified atom stereocenters. The molecule has 1 aliphatic rings. The summed E-state index contributed by atoms with van der Waals surface area (Å²) in [6, 6.07) is 0. The Kier molecular flexibility index (Phi) is 6.13. The highest BCUT2D eigenvalue weighted by Gasteiger charge is 2.28. The Hall–Kier alpha value is 0.250. The third-order valence-electron chi connectivity index (χ3n) is 3.92. The molecule has 16 heavy (non-hydrogen) atoms. The lowest BCUT2D eigenvalue weighted by atomic mass is 9.75. The predicted molar refractivity (Wildman–Crippen MR) is 73.2 cm³/mol. The van der Waals surface area contributed by atoms with Crippen molar-refractivity contribution in [1.82, 2.24) is 4.90 Å². The van der Waals surface area contributed by atoms with Gasteiger partial charge in [0.05, 0.1) is 0 Å². The molecule has 0 atom stereocenters. The quantitative estimate of drug-likeness (QED) is 0.520. The van der Waals surface area contributed by atoms with E-state index in [2.05, 4.69) is 25.7 Å². The molecule has 0 N–H and O–H groups in total. The van der Waals surface area contributed by atoms with E-state index >= 15 is 0 Å². The van der Waals surface area contributed by atoms with Crippen LogP contribution in [0.25, 0.3) is 0 Å². The highest BCUT2D eigenvalue weighted by atomic mass is 35.5. The van der Waals surface area contributed by atoms with Crippen molar-refractivity contribution >= 4 is 11.6 Å². The molecule has 0 saturated carbocycles. The highest BCUT2D eigenvalue weighted by molar-refractivity contribution is 6.17. The maximum Gasteiger partial charge on any atom is 0.0223 e. The van der Waals surface area contributed by atoms with Crippen LogP contribution in [0.15, 0.2) is 0 Å². The van der Waals surface area contributed by atoms with Crippen molar-refractivity contribution in [2.24, 2.45) is 11.3 Å². The predicted octanol–water partition coefficient (Wildman–Crippen LogP) is 4.15. The molecule has 1 fully saturated rings. The summed E-state index contributed by atoms with van der Waals surface area (Å²) in [6.45, 7) is 11.1. The van der Waals surface area contributed by atoms with Crippen molar-refractivity contribution in [3.05, 3.63) is 0 Å². The highest BCUT2D eigenvalue weighted by Crippen LogP contribution is 2.34. The monoisotopic (exact) mass is 245 g/mol. The number of alkyl halides is 1. The average Bonchev–Trinajstić information content (AvgIpc) is 2.24. The van der Waals surface area contributed by atoms with Gasteiger partial charge in [-0.25, -0.2) is 0 Å². The van der Waals surface area contributed by atoms with E-state index in [1.54, 1.807) is 0 Å². The van der Waals surface area contributed by atoms with E-state index in [4.69, 9.17) is 11.6 Å². The second-order valence-corrected chi connectivity index (χ2v) is 6.61. The zero-order valence-corrected chi connectivity index (χ0v) is 12.0. The molecular formula is C14H28ClN. The summed E-state index contributed by atoms with van der Waals surface area (Å²) in [6.07, 6.45) is 6.58. The second-order valence-electron chi connectivity index (χ2n) is 6.23. The van der Waals surface area contributed by atoms with Crippen LogP contribution in [0.2, 0.25) is 0 Å². The molecule has 96 valence electrons. The van der Waals surface area contributed by atoms with Gasteiger partial charge in [-0.1, -0.05) is 27.2 Å². The van der Waals surface area contributed by atoms with Crippen LogP contribution in [0.3, 0.4) is 0 Å². The number of hydrogen-bond donors (Lipinski definition) is 0. The zero-order chi connectivity index (χ0) is 12.0. The van der Waals surface area contributed by atoms with Gasteiger partial charge in [0.1, 0.15) is 0 Å². The Morgan fingerprint density at radius 2 is 1.69 bits per heavy atom. The molecule has 1 heterocycles. The molecule has 0 aromatic heterocycles. The summed E-state index contributed by atoms with van der Waals surface area (Å²) in [7, 11) is 0. The van der Waals surface area contributed by atoms with Gasteiger partial charge in [-0.2, -0.15) is 0 Å². The molecule has 0 spiro atoms. The minimum atomic E-state index is 0.505. The van der Waals surface area contributed by atoms with Gasteiger partial charge >= 0.3 is 0 Å². The summed E-state index contributed by atoms with van der Waals surface area (Å²) >= 11 is 5.68. The largest absolute Gasteiger partial charge is 0.303 e. The SMILES string of the molecule is CC(C)(C)C1CCN(CCCCCCl)CC1. The summed E-state index contributed by atoms with van der Waals surface area (Å²) in [5, 5.41) is 0. The van der Waals surface area contributed by atoms with Gasteiger partial charge < -0.3 is 4.90 Å².